The van der Waals surface area contributed by atoms with Crippen molar-refractivity contribution in [3.8, 4) is 0 Å². The Labute approximate surface area is 212 Å². The lowest BCUT2D eigenvalue weighted by atomic mass is 10.2. The first-order valence-electron chi connectivity index (χ1n) is 11.6. The van der Waals surface area contributed by atoms with Gasteiger partial charge in [-0.3, -0.25) is 10.1 Å². The lowest BCUT2D eigenvalue weighted by Crippen LogP contribution is -2.66. The summed E-state index contributed by atoms with van der Waals surface area (Å²) in [4.78, 5) is 26.5. The molecule has 1 aromatic heterocycles. The van der Waals surface area contributed by atoms with Gasteiger partial charge < -0.3 is 14.5 Å². The highest BCUT2D eigenvalue weighted by Gasteiger charge is 2.49. The molecular weight excluding hydrogens is 474 g/mol. The highest BCUT2D eigenvalue weighted by Crippen LogP contribution is 2.36. The van der Waals surface area contributed by atoms with Crippen LogP contribution < -0.4 is 15.7 Å². The number of anilines is 1. The minimum atomic E-state index is -2.64. The molecule has 0 fully saturated rings. The normalized spacial score (nSPS) is 11.9. The van der Waals surface area contributed by atoms with Crippen molar-refractivity contribution < 1.29 is 18.9 Å². The minimum Gasteiger partial charge on any atom is -0.465 e. The molecule has 1 heterocycles. The Kier molecular flexibility index (Phi) is 8.73. The van der Waals surface area contributed by atoms with Gasteiger partial charge in [-0.1, -0.05) is 93.6 Å². The summed E-state index contributed by atoms with van der Waals surface area (Å²) in [6.45, 7) is 7.33. The van der Waals surface area contributed by atoms with Crippen molar-refractivity contribution in [2.75, 3.05) is 25.6 Å². The van der Waals surface area contributed by atoms with Crippen LogP contribution in [0.4, 0.5) is 11.5 Å². The molecule has 0 saturated carbocycles. The summed E-state index contributed by atoms with van der Waals surface area (Å²) in [5.74, 6) is -0.609. The first-order chi connectivity index (χ1) is 17.2. The summed E-state index contributed by atoms with van der Waals surface area (Å²) in [5, 5.41) is 16.6. The molecule has 0 bridgehead atoms. The average Bonchev–Trinajstić information content (AvgIpc) is 2.88. The number of carbonyl (C=O) groups is 1. The number of aromatic nitrogens is 1. The van der Waals surface area contributed by atoms with Crippen LogP contribution in [0.5, 0.6) is 0 Å². The van der Waals surface area contributed by atoms with Crippen LogP contribution in [0.1, 0.15) is 31.1 Å². The van der Waals surface area contributed by atoms with E-state index >= 15 is 0 Å². The zero-order chi connectivity index (χ0) is 26.2. The van der Waals surface area contributed by atoms with Crippen LogP contribution in [0.15, 0.2) is 85.1 Å². The SMILES string of the molecule is COC(=O)c1cnc(NC/C=C/CO[Si](c2ccccc2)(c2ccccc2)C(C)(C)C)c([N+](=O)[O-])c1. The fourth-order valence-corrected chi connectivity index (χ4v) is 8.70. The van der Waals surface area contributed by atoms with E-state index < -0.39 is 19.2 Å². The van der Waals surface area contributed by atoms with Crippen LogP contribution in [0.2, 0.25) is 5.04 Å². The number of rotatable bonds is 10. The molecule has 8 nitrogen and oxygen atoms in total. The summed E-state index contributed by atoms with van der Waals surface area (Å²) < 4.78 is 11.4. The molecule has 9 heteroatoms. The molecule has 3 aromatic rings. The number of benzene rings is 2. The molecule has 188 valence electrons. The fourth-order valence-electron chi connectivity index (χ4n) is 4.20. The van der Waals surface area contributed by atoms with Crippen molar-refractivity contribution in [3.05, 3.63) is 101 Å². The van der Waals surface area contributed by atoms with Gasteiger partial charge in [-0.25, -0.2) is 9.78 Å². The van der Waals surface area contributed by atoms with Crippen LogP contribution in [0.3, 0.4) is 0 Å². The topological polar surface area (TPSA) is 104 Å². The second kappa shape index (κ2) is 11.7. The van der Waals surface area contributed by atoms with Gasteiger partial charge in [0, 0.05) is 18.8 Å². The first kappa shape index (κ1) is 26.8. The van der Waals surface area contributed by atoms with Gasteiger partial charge in [-0.05, 0) is 15.4 Å². The van der Waals surface area contributed by atoms with Gasteiger partial charge in [-0.15, -0.1) is 0 Å². The van der Waals surface area contributed by atoms with Crippen molar-refractivity contribution in [1.82, 2.24) is 4.98 Å². The Hall–Kier alpha value is -3.82. The van der Waals surface area contributed by atoms with E-state index in [-0.39, 0.29) is 22.1 Å². The minimum absolute atomic E-state index is 0.0176. The van der Waals surface area contributed by atoms with Crippen molar-refractivity contribution in [3.63, 3.8) is 0 Å². The molecule has 0 aliphatic rings. The molecule has 0 spiro atoms. The molecule has 3 rings (SSSR count). The molecule has 0 atom stereocenters. The second-order valence-electron chi connectivity index (χ2n) is 9.17. The van der Waals surface area contributed by atoms with Crippen LogP contribution in [0, 0.1) is 10.1 Å². The van der Waals surface area contributed by atoms with Gasteiger partial charge in [0.05, 0.1) is 24.2 Å². The van der Waals surface area contributed by atoms with Crippen molar-refractivity contribution >= 4 is 36.2 Å². The Morgan fingerprint density at radius 3 is 2.14 bits per heavy atom. The summed E-state index contributed by atoms with van der Waals surface area (Å²) >= 11 is 0. The third-order valence-corrected chi connectivity index (χ3v) is 10.9. The van der Waals surface area contributed by atoms with Crippen molar-refractivity contribution in [1.29, 1.82) is 0 Å². The van der Waals surface area contributed by atoms with Crippen molar-refractivity contribution in [2.24, 2.45) is 0 Å². The lowest BCUT2D eigenvalue weighted by Gasteiger charge is -2.42. The number of hydrogen-bond acceptors (Lipinski definition) is 7. The molecule has 36 heavy (non-hydrogen) atoms. The van der Waals surface area contributed by atoms with Gasteiger partial charge in [-0.2, -0.15) is 0 Å². The van der Waals surface area contributed by atoms with Gasteiger partial charge in [0.1, 0.15) is 0 Å². The zero-order valence-corrected chi connectivity index (χ0v) is 21.9. The van der Waals surface area contributed by atoms with Crippen LogP contribution in [-0.2, 0) is 9.16 Å². The number of nitrogens with one attached hydrogen (secondary N) is 1. The van der Waals surface area contributed by atoms with Crippen LogP contribution in [-0.4, -0.2) is 44.5 Å². The summed E-state index contributed by atoms with van der Waals surface area (Å²) in [7, 11) is -1.43. The highest BCUT2D eigenvalue weighted by atomic mass is 28.4. The Morgan fingerprint density at radius 2 is 1.64 bits per heavy atom. The quantitative estimate of drug-likeness (QED) is 0.144. The smallest absolute Gasteiger partial charge is 0.339 e. The van der Waals surface area contributed by atoms with E-state index in [1.807, 2.05) is 48.6 Å². The van der Waals surface area contributed by atoms with Gasteiger partial charge in [0.2, 0.25) is 5.82 Å². The molecule has 0 saturated heterocycles. The van der Waals surface area contributed by atoms with Crippen LogP contribution >= 0.6 is 0 Å². The number of pyridine rings is 1. The summed E-state index contributed by atoms with van der Waals surface area (Å²) in [6, 6.07) is 21.9. The Morgan fingerprint density at radius 1 is 1.06 bits per heavy atom. The molecule has 0 radical (unpaired) electrons. The maximum absolute atomic E-state index is 11.7. The number of ether oxygens (including phenoxy) is 1. The predicted octanol–water partition coefficient (Wildman–Crippen LogP) is 4.32. The average molecular weight is 506 g/mol. The standard InChI is InChI=1S/C27H31N3O5Si/c1-27(2,3)36(22-13-7-5-8-14-22,23-15-9-6-10-16-23)35-18-12-11-17-28-25-24(30(32)33)19-21(20-29-25)26(31)34-4/h5-16,19-20H,17-18H2,1-4H3,(H,28,29)/b12-11+. The molecular formula is C27H31N3O5Si. The van der Waals surface area contributed by atoms with Crippen LogP contribution in [0.25, 0.3) is 0 Å². The van der Waals surface area contributed by atoms with E-state index in [4.69, 9.17) is 4.43 Å². The third kappa shape index (κ3) is 5.87. The largest absolute Gasteiger partial charge is 0.465 e. The number of hydrogen-bond donors (Lipinski definition) is 1. The van der Waals surface area contributed by atoms with E-state index in [0.717, 1.165) is 6.07 Å². The summed E-state index contributed by atoms with van der Waals surface area (Å²) in [6.07, 6.45) is 5.00. The number of esters is 1. The monoisotopic (exact) mass is 505 g/mol. The van der Waals surface area contributed by atoms with Crippen molar-refractivity contribution in [2.45, 2.75) is 25.8 Å². The Bertz CT molecular complexity index is 1170. The fraction of sp³-hybridized carbons (Fsp3) is 0.259. The summed E-state index contributed by atoms with van der Waals surface area (Å²) in [5.41, 5.74) is -0.279. The van der Waals surface area contributed by atoms with Gasteiger partial charge >= 0.3 is 11.7 Å². The molecule has 0 amide bonds. The van der Waals surface area contributed by atoms with Gasteiger partial charge in [0.25, 0.3) is 8.32 Å². The highest BCUT2D eigenvalue weighted by molar-refractivity contribution is 6.99. The Balaban J connectivity index is 1.76. The van der Waals surface area contributed by atoms with E-state index in [1.165, 1.54) is 23.7 Å². The lowest BCUT2D eigenvalue weighted by molar-refractivity contribution is -0.384. The molecule has 2 aromatic carbocycles. The van der Waals surface area contributed by atoms with E-state index in [1.54, 1.807) is 0 Å². The van der Waals surface area contributed by atoms with E-state index in [2.05, 4.69) is 60.1 Å². The van der Waals surface area contributed by atoms with E-state index in [9.17, 15) is 14.9 Å². The maximum Gasteiger partial charge on any atom is 0.339 e. The number of methoxy groups -OCH3 is 1. The molecule has 0 unspecified atom stereocenters. The first-order valence-corrected chi connectivity index (χ1v) is 13.5. The number of carbonyl (C=O) groups excluding carboxylic acids is 1. The maximum atomic E-state index is 11.7. The predicted molar refractivity (Wildman–Crippen MR) is 143 cm³/mol. The van der Waals surface area contributed by atoms with Gasteiger partial charge in [0.15, 0.2) is 0 Å². The molecule has 0 aliphatic heterocycles. The second-order valence-corrected chi connectivity index (χ2v) is 13.5. The number of nitrogens with zero attached hydrogens (tertiary/aromatic N) is 2. The molecule has 1 N–H and O–H groups in total. The van der Waals surface area contributed by atoms with E-state index in [0.29, 0.717) is 13.2 Å². The number of nitro groups is 1. The third-order valence-electron chi connectivity index (χ3n) is 5.85. The zero-order valence-electron chi connectivity index (χ0n) is 20.9. The molecule has 0 aliphatic carbocycles.